The van der Waals surface area contributed by atoms with Gasteiger partial charge in [0.2, 0.25) is 0 Å². The van der Waals surface area contributed by atoms with Crippen molar-refractivity contribution in [2.24, 2.45) is 0 Å². The Labute approximate surface area is 231 Å². The molecule has 1 heterocycles. The lowest BCUT2D eigenvalue weighted by molar-refractivity contribution is 0.0520. The highest BCUT2D eigenvalue weighted by atomic mass is 35.5. The standard InChI is InChI=1S/C28H24ClN2O6PS/c1-4-36-28(32)26-27(38(33,37-5-2)22-11-9-10-20(18-22)16-17-30-3)24-19-21(29)14-15-25(24)31(26)39(34,35)23-12-7-6-8-13-23/h6-19H,4-5H2,1-2H3. The maximum atomic E-state index is 15.0. The molecular formula is C28H24ClN2O6PS. The quantitative estimate of drug-likeness (QED) is 0.139. The van der Waals surface area contributed by atoms with Crippen LogP contribution in [0.3, 0.4) is 0 Å². The highest BCUT2D eigenvalue weighted by Crippen LogP contribution is 2.49. The third kappa shape index (κ3) is 5.29. The number of benzene rings is 3. The van der Waals surface area contributed by atoms with Crippen LogP contribution in [0.15, 0.2) is 83.9 Å². The number of carbonyl (C=O) groups is 1. The van der Waals surface area contributed by atoms with E-state index in [1.165, 1.54) is 36.5 Å². The van der Waals surface area contributed by atoms with Gasteiger partial charge in [-0.05, 0) is 61.9 Å². The van der Waals surface area contributed by atoms with Crippen molar-refractivity contribution >= 4 is 62.6 Å². The minimum absolute atomic E-state index is 0.0136. The molecule has 8 nitrogen and oxygen atoms in total. The van der Waals surface area contributed by atoms with E-state index < -0.39 is 29.1 Å². The van der Waals surface area contributed by atoms with Gasteiger partial charge < -0.3 is 9.26 Å². The summed E-state index contributed by atoms with van der Waals surface area (Å²) in [5.74, 6) is -0.983. The summed E-state index contributed by atoms with van der Waals surface area (Å²) in [5, 5.41) is 0.485. The summed E-state index contributed by atoms with van der Waals surface area (Å²) in [6.45, 7) is 10.2. The topological polar surface area (TPSA) is 96.0 Å². The van der Waals surface area contributed by atoms with E-state index in [0.717, 1.165) is 3.97 Å². The van der Waals surface area contributed by atoms with E-state index in [1.54, 1.807) is 62.4 Å². The molecule has 0 aliphatic heterocycles. The van der Waals surface area contributed by atoms with Gasteiger partial charge in [0.1, 0.15) is 0 Å². The molecule has 1 unspecified atom stereocenters. The molecule has 0 N–H and O–H groups in total. The summed E-state index contributed by atoms with van der Waals surface area (Å²) in [6.07, 6.45) is 2.80. The van der Waals surface area contributed by atoms with Crippen molar-refractivity contribution in [2.45, 2.75) is 18.7 Å². The third-order valence-corrected chi connectivity index (χ3v) is 10.4. The fourth-order valence-corrected chi connectivity index (χ4v) is 8.47. The molecule has 0 aliphatic carbocycles. The molecule has 3 aromatic carbocycles. The van der Waals surface area contributed by atoms with Gasteiger partial charge in [0.15, 0.2) is 11.9 Å². The lowest BCUT2D eigenvalue weighted by atomic mass is 10.2. The van der Waals surface area contributed by atoms with Gasteiger partial charge in [-0.25, -0.2) is 22.0 Å². The van der Waals surface area contributed by atoms with E-state index in [4.69, 9.17) is 27.4 Å². The minimum atomic E-state index is -4.38. The lowest BCUT2D eigenvalue weighted by Gasteiger charge is -2.20. The summed E-state index contributed by atoms with van der Waals surface area (Å²) in [6, 6.07) is 18.5. The van der Waals surface area contributed by atoms with Crippen LogP contribution in [-0.2, 0) is 23.8 Å². The second-order valence-electron chi connectivity index (χ2n) is 8.17. The van der Waals surface area contributed by atoms with Crippen molar-refractivity contribution < 1.29 is 27.0 Å². The molecule has 4 aromatic rings. The predicted octanol–water partition coefficient (Wildman–Crippen LogP) is 5.86. The Morgan fingerprint density at radius 2 is 1.79 bits per heavy atom. The van der Waals surface area contributed by atoms with Crippen molar-refractivity contribution in [2.75, 3.05) is 13.2 Å². The van der Waals surface area contributed by atoms with Gasteiger partial charge in [0, 0.05) is 15.7 Å². The highest BCUT2D eigenvalue weighted by Gasteiger charge is 2.41. The van der Waals surface area contributed by atoms with Gasteiger partial charge in [-0.15, -0.1) is 0 Å². The molecule has 0 saturated carbocycles. The summed E-state index contributed by atoms with van der Waals surface area (Å²) in [7, 11) is -8.54. The smallest absolute Gasteiger partial charge is 0.356 e. The van der Waals surface area contributed by atoms with E-state index in [9.17, 15) is 13.2 Å². The first-order chi connectivity index (χ1) is 18.7. The Morgan fingerprint density at radius 1 is 1.05 bits per heavy atom. The van der Waals surface area contributed by atoms with Crippen molar-refractivity contribution in [3.05, 3.63) is 107 Å². The third-order valence-electron chi connectivity index (χ3n) is 5.77. The first-order valence-corrected chi connectivity index (χ1v) is 15.3. The molecule has 11 heteroatoms. The van der Waals surface area contributed by atoms with Crippen LogP contribution < -0.4 is 10.6 Å². The second kappa shape index (κ2) is 11.6. The van der Waals surface area contributed by atoms with Crippen molar-refractivity contribution in [3.8, 4) is 0 Å². The van der Waals surface area contributed by atoms with Gasteiger partial charge in [-0.1, -0.05) is 48.0 Å². The van der Waals surface area contributed by atoms with Crippen LogP contribution in [-0.4, -0.2) is 31.6 Å². The molecule has 0 bridgehead atoms. The normalized spacial score (nSPS) is 13.3. The second-order valence-corrected chi connectivity index (χ2v) is 12.7. The first kappa shape index (κ1) is 28.3. The SMILES string of the molecule is [C-]#[N+]C=Cc1cccc(P(=O)(OCC)c2c(C(=O)OCC)n(S(=O)(=O)c3ccccc3)c3ccc(Cl)cc23)c1. The average molecular weight is 583 g/mol. The van der Waals surface area contributed by atoms with Crippen LogP contribution in [0.5, 0.6) is 0 Å². The maximum absolute atomic E-state index is 15.0. The Kier molecular flexibility index (Phi) is 8.43. The Hall–Kier alpha value is -3.67. The number of esters is 1. The molecule has 0 radical (unpaired) electrons. The fraction of sp³-hybridized carbons (Fsp3) is 0.143. The molecular weight excluding hydrogens is 559 g/mol. The zero-order valence-electron chi connectivity index (χ0n) is 21.1. The van der Waals surface area contributed by atoms with Crippen LogP contribution in [0, 0.1) is 6.57 Å². The summed E-state index contributed by atoms with van der Waals surface area (Å²) >= 11 is 6.34. The molecule has 0 spiro atoms. The monoisotopic (exact) mass is 582 g/mol. The molecule has 1 aromatic heterocycles. The van der Waals surface area contributed by atoms with Crippen molar-refractivity contribution in [3.63, 3.8) is 0 Å². The zero-order chi connectivity index (χ0) is 28.2. The average Bonchev–Trinajstić information content (AvgIpc) is 3.28. The van der Waals surface area contributed by atoms with Crippen LogP contribution >= 0.6 is 19.0 Å². The van der Waals surface area contributed by atoms with Crippen LogP contribution in [0.2, 0.25) is 5.02 Å². The van der Waals surface area contributed by atoms with Gasteiger partial charge in [-0.2, -0.15) is 0 Å². The molecule has 0 saturated heterocycles. The van der Waals surface area contributed by atoms with Crippen molar-refractivity contribution in [1.29, 1.82) is 0 Å². The molecule has 200 valence electrons. The van der Waals surface area contributed by atoms with Crippen LogP contribution in [0.25, 0.3) is 21.8 Å². The summed E-state index contributed by atoms with van der Waals surface area (Å²) in [5.41, 5.74) is 0.224. The lowest BCUT2D eigenvalue weighted by Crippen LogP contribution is -2.28. The minimum Gasteiger partial charge on any atom is -0.461 e. The number of aromatic nitrogens is 1. The van der Waals surface area contributed by atoms with E-state index >= 15 is 4.57 Å². The largest absolute Gasteiger partial charge is 0.461 e. The van der Waals surface area contributed by atoms with Crippen LogP contribution in [0.4, 0.5) is 0 Å². The highest BCUT2D eigenvalue weighted by molar-refractivity contribution is 7.90. The summed E-state index contributed by atoms with van der Waals surface area (Å²) < 4.78 is 55.1. The van der Waals surface area contributed by atoms with E-state index in [-0.39, 0.29) is 44.6 Å². The fourth-order valence-electron chi connectivity index (χ4n) is 4.23. The number of hydrogen-bond donors (Lipinski definition) is 0. The number of carbonyl (C=O) groups excluding carboxylic acids is 1. The number of ether oxygens (including phenoxy) is 1. The maximum Gasteiger partial charge on any atom is 0.356 e. The van der Waals surface area contributed by atoms with Gasteiger partial charge in [-0.3, -0.25) is 4.57 Å². The van der Waals surface area contributed by atoms with E-state index in [0.29, 0.717) is 5.56 Å². The van der Waals surface area contributed by atoms with Gasteiger partial charge in [0.25, 0.3) is 17.4 Å². The van der Waals surface area contributed by atoms with Gasteiger partial charge >= 0.3 is 5.97 Å². The molecule has 39 heavy (non-hydrogen) atoms. The predicted molar refractivity (Wildman–Crippen MR) is 153 cm³/mol. The Morgan fingerprint density at radius 3 is 2.46 bits per heavy atom. The number of fused-ring (bicyclic) bond motifs is 1. The Balaban J connectivity index is 2.19. The van der Waals surface area contributed by atoms with E-state index in [1.807, 2.05) is 0 Å². The molecule has 1 atom stereocenters. The summed E-state index contributed by atoms with van der Waals surface area (Å²) in [4.78, 5) is 16.7. The first-order valence-electron chi connectivity index (χ1n) is 11.9. The van der Waals surface area contributed by atoms with Gasteiger partial charge in [0.05, 0.1) is 35.5 Å². The van der Waals surface area contributed by atoms with E-state index in [2.05, 4.69) is 4.85 Å². The Bertz CT molecular complexity index is 1780. The number of nitrogens with zero attached hydrogens (tertiary/aromatic N) is 2. The number of hydrogen-bond acceptors (Lipinski definition) is 6. The molecule has 0 fully saturated rings. The van der Waals surface area contributed by atoms with Crippen LogP contribution in [0.1, 0.15) is 29.9 Å². The number of halogens is 1. The zero-order valence-corrected chi connectivity index (χ0v) is 23.5. The molecule has 0 aliphatic rings. The molecule has 0 amide bonds. The molecule has 4 rings (SSSR count). The van der Waals surface area contributed by atoms with Crippen molar-refractivity contribution in [1.82, 2.24) is 3.97 Å². The number of rotatable bonds is 9.